The molecule has 1 saturated carbocycles. The first-order valence-electron chi connectivity index (χ1n) is 13.8. The van der Waals surface area contributed by atoms with Gasteiger partial charge in [0.15, 0.2) is 0 Å². The van der Waals surface area contributed by atoms with Gasteiger partial charge in [0.25, 0.3) is 5.92 Å². The molecule has 0 atom stereocenters. The molecule has 0 radical (unpaired) electrons. The molecule has 250 valence electrons. The maximum atomic E-state index is 13.5. The van der Waals surface area contributed by atoms with Gasteiger partial charge < -0.3 is 19.5 Å². The zero-order valence-electron chi connectivity index (χ0n) is 26.8. The van der Waals surface area contributed by atoms with E-state index in [0.29, 0.717) is 17.9 Å². The van der Waals surface area contributed by atoms with Crippen LogP contribution in [0.2, 0.25) is 0 Å². The summed E-state index contributed by atoms with van der Waals surface area (Å²) >= 11 is 0. The third kappa shape index (κ3) is 19.0. The van der Waals surface area contributed by atoms with Gasteiger partial charge in [-0.15, -0.1) is 0 Å². The minimum absolute atomic E-state index is 0. The molecule has 3 rings (SSSR count). The van der Waals surface area contributed by atoms with E-state index in [-0.39, 0.29) is 12.4 Å². The van der Waals surface area contributed by atoms with Crippen molar-refractivity contribution >= 4 is 20.4 Å². The monoisotopic (exact) mass is 626 g/mol. The molecule has 0 spiro atoms. The fraction of sp³-hybridized carbons (Fsp3) is 0.545. The van der Waals surface area contributed by atoms with Gasteiger partial charge >= 0.3 is 6.18 Å². The van der Waals surface area contributed by atoms with Crippen molar-refractivity contribution in [2.75, 3.05) is 7.11 Å². The van der Waals surface area contributed by atoms with Crippen molar-refractivity contribution < 1.29 is 47.3 Å². The molecule has 43 heavy (non-hydrogen) atoms. The van der Waals surface area contributed by atoms with Crippen molar-refractivity contribution in [3.63, 3.8) is 0 Å². The summed E-state index contributed by atoms with van der Waals surface area (Å²) in [6.07, 6.45) is 0.592. The first-order valence-corrected chi connectivity index (χ1v) is 13.8. The molecule has 0 bridgehead atoms. The molecular formula is C33H52F6O4. The molecule has 10 heteroatoms. The number of carbonyl (C=O) groups excluding carboxylic acids is 3. The number of carbonyl (C=O) groups is 3. The van der Waals surface area contributed by atoms with Crippen molar-refractivity contribution in [2.24, 2.45) is 17.3 Å². The zero-order chi connectivity index (χ0) is 35.0. The number of aliphatic hydroxyl groups excluding tert-OH is 1. The fourth-order valence-electron chi connectivity index (χ4n) is 4.19. The highest BCUT2D eigenvalue weighted by molar-refractivity contribution is 5.28. The van der Waals surface area contributed by atoms with E-state index >= 15 is 0 Å². The van der Waals surface area contributed by atoms with E-state index in [9.17, 15) is 26.3 Å². The van der Waals surface area contributed by atoms with Gasteiger partial charge in [-0.1, -0.05) is 53.7 Å². The van der Waals surface area contributed by atoms with Gasteiger partial charge in [-0.05, 0) is 90.8 Å². The number of aryl methyl sites for hydroxylation is 2. The van der Waals surface area contributed by atoms with Crippen molar-refractivity contribution in [1.29, 1.82) is 0 Å². The van der Waals surface area contributed by atoms with Crippen molar-refractivity contribution in [1.82, 2.24) is 0 Å². The third-order valence-electron chi connectivity index (χ3n) is 6.69. The normalized spacial score (nSPS) is 15.0. The molecule has 0 unspecified atom stereocenters. The molecular weight excluding hydrogens is 574 g/mol. The van der Waals surface area contributed by atoms with Crippen LogP contribution in [0.3, 0.4) is 0 Å². The maximum absolute atomic E-state index is 13.5. The Morgan fingerprint density at radius 1 is 0.791 bits per heavy atom. The van der Waals surface area contributed by atoms with Gasteiger partial charge in [-0.25, -0.2) is 13.2 Å². The molecule has 0 saturated heterocycles. The van der Waals surface area contributed by atoms with E-state index in [2.05, 4.69) is 20.8 Å². The molecule has 0 amide bonds. The van der Waals surface area contributed by atoms with Crippen LogP contribution in [-0.2, 0) is 39.3 Å². The Morgan fingerprint density at radius 2 is 1.23 bits per heavy atom. The van der Waals surface area contributed by atoms with Crippen LogP contribution in [0.1, 0.15) is 91.4 Å². The fourth-order valence-corrected chi connectivity index (χ4v) is 4.19. The number of benzene rings is 2. The Hall–Kier alpha value is -3.01. The number of halogens is 6. The molecule has 0 heterocycles. The summed E-state index contributed by atoms with van der Waals surface area (Å²) in [6, 6.07) is 8.99. The number of alkyl halides is 5. The van der Waals surface area contributed by atoms with Crippen LogP contribution in [0.25, 0.3) is 0 Å². The summed E-state index contributed by atoms with van der Waals surface area (Å²) in [7, 11) is 1.00. The van der Waals surface area contributed by atoms with Gasteiger partial charge in [0, 0.05) is 21.0 Å². The SMILES string of the molecule is C=O.C=O.C=O.CC.CC1CC(C(C)(C)CCc2cc(F)cc(C(C)(F)F)c2)C1.CCc1ccc(C(F)(F)F)cc1.CO.[HH]. The summed E-state index contributed by atoms with van der Waals surface area (Å²) < 4.78 is 76.3. The first-order chi connectivity index (χ1) is 20.1. The second-order valence-electron chi connectivity index (χ2n) is 10.0. The van der Waals surface area contributed by atoms with Gasteiger partial charge in [0.1, 0.15) is 26.2 Å². The molecule has 1 N–H and O–H groups in total. The van der Waals surface area contributed by atoms with Gasteiger partial charge in [-0.3, -0.25) is 0 Å². The second kappa shape index (κ2) is 24.4. The highest BCUT2D eigenvalue weighted by Crippen LogP contribution is 2.47. The van der Waals surface area contributed by atoms with Crippen LogP contribution in [0.5, 0.6) is 0 Å². The summed E-state index contributed by atoms with van der Waals surface area (Å²) in [4.78, 5) is 24.0. The lowest BCUT2D eigenvalue weighted by atomic mass is 9.61. The Labute approximate surface area is 255 Å². The lowest BCUT2D eigenvalue weighted by molar-refractivity contribution is -0.137. The van der Waals surface area contributed by atoms with Crippen LogP contribution in [0.4, 0.5) is 26.3 Å². The molecule has 0 aromatic heterocycles. The van der Waals surface area contributed by atoms with Gasteiger partial charge in [0.2, 0.25) is 0 Å². The number of rotatable bonds is 6. The van der Waals surface area contributed by atoms with E-state index < -0.39 is 23.5 Å². The van der Waals surface area contributed by atoms with Crippen molar-refractivity contribution in [3.8, 4) is 0 Å². The standard InChI is InChI=1S/C18H25F3.C9H9F3.C2H6.CH4O.3CH2O.H2/c1-12-7-14(8-12)17(2,3)6-5-13-9-15(18(4,20)21)11-16(19)10-13;1-2-7-3-5-8(6-4-7)9(10,11)12;5*1-2;/h9-12,14H,5-8H2,1-4H3;3-6H,2H2,1H3;1-2H3;2H,1H3;3*1H2;1H. The summed E-state index contributed by atoms with van der Waals surface area (Å²) in [5, 5.41) is 7.00. The third-order valence-corrected chi connectivity index (χ3v) is 6.69. The van der Waals surface area contributed by atoms with Crippen LogP contribution in [0.15, 0.2) is 42.5 Å². The Morgan fingerprint density at radius 3 is 1.58 bits per heavy atom. The predicted octanol–water partition coefficient (Wildman–Crippen LogP) is 9.54. The average Bonchev–Trinajstić information content (AvgIpc) is 2.99. The Balaban J connectivity index is -0.000000189. The second-order valence-corrected chi connectivity index (χ2v) is 10.0. The van der Waals surface area contributed by atoms with Crippen LogP contribution in [-0.4, -0.2) is 32.6 Å². The topological polar surface area (TPSA) is 71.4 Å². The van der Waals surface area contributed by atoms with E-state index in [1.807, 2.05) is 41.1 Å². The van der Waals surface area contributed by atoms with E-state index in [1.165, 1.54) is 37.1 Å². The smallest absolute Gasteiger partial charge is 0.400 e. The molecule has 2 aromatic rings. The highest BCUT2D eigenvalue weighted by atomic mass is 19.4. The van der Waals surface area contributed by atoms with E-state index in [0.717, 1.165) is 56.6 Å². The minimum atomic E-state index is -4.22. The van der Waals surface area contributed by atoms with Gasteiger partial charge in [0.05, 0.1) is 5.56 Å². The predicted molar refractivity (Wildman–Crippen MR) is 164 cm³/mol. The molecule has 0 aliphatic heterocycles. The number of hydrogen-bond donors (Lipinski definition) is 1. The van der Waals surface area contributed by atoms with E-state index in [1.54, 1.807) is 0 Å². The Kier molecular flexibility index (Phi) is 26.7. The first kappa shape index (κ1) is 46.9. The maximum Gasteiger partial charge on any atom is 0.416 e. The average molecular weight is 627 g/mol. The molecule has 2 aromatic carbocycles. The van der Waals surface area contributed by atoms with Crippen LogP contribution in [0, 0.1) is 23.1 Å². The molecule has 4 nitrogen and oxygen atoms in total. The lowest BCUT2D eigenvalue weighted by Crippen LogP contribution is -2.35. The molecule has 1 fully saturated rings. The quantitative estimate of drug-likeness (QED) is 0.324. The largest absolute Gasteiger partial charge is 0.416 e. The summed E-state index contributed by atoms with van der Waals surface area (Å²) in [5.41, 5.74) is 0.968. The van der Waals surface area contributed by atoms with Gasteiger partial charge in [-0.2, -0.15) is 13.2 Å². The van der Waals surface area contributed by atoms with Crippen LogP contribution < -0.4 is 0 Å². The molecule has 1 aliphatic carbocycles. The van der Waals surface area contributed by atoms with Crippen LogP contribution >= 0.6 is 0 Å². The minimum Gasteiger partial charge on any atom is -0.400 e. The Bertz CT molecular complexity index is 953. The summed E-state index contributed by atoms with van der Waals surface area (Å²) in [5.74, 6) is -2.06. The molecule has 1 aliphatic rings. The highest BCUT2D eigenvalue weighted by Gasteiger charge is 2.37. The van der Waals surface area contributed by atoms with Crippen molar-refractivity contribution in [3.05, 3.63) is 70.5 Å². The number of hydrogen-bond acceptors (Lipinski definition) is 4. The zero-order valence-corrected chi connectivity index (χ0v) is 26.8. The summed E-state index contributed by atoms with van der Waals surface area (Å²) in [6.45, 7) is 19.4. The lowest BCUT2D eigenvalue weighted by Gasteiger charge is -2.44. The van der Waals surface area contributed by atoms with E-state index in [4.69, 9.17) is 19.5 Å². The van der Waals surface area contributed by atoms with Crippen molar-refractivity contribution in [2.45, 2.75) is 92.7 Å². The number of aliphatic hydroxyl groups is 1.